The predicted octanol–water partition coefficient (Wildman–Crippen LogP) is 4.97. The maximum atomic E-state index is 14.3. The molecule has 0 spiro atoms. The number of alkyl carbamates (subject to hydrolysis) is 1. The first-order chi connectivity index (χ1) is 21.7. The number of rotatable bonds is 6. The lowest BCUT2D eigenvalue weighted by Gasteiger charge is -2.61. The zero-order chi connectivity index (χ0) is 35.3. The van der Waals surface area contributed by atoms with E-state index in [4.69, 9.17) is 43.1 Å². The second-order valence-corrected chi connectivity index (χ2v) is 14.1. The summed E-state index contributed by atoms with van der Waals surface area (Å²) in [5.74, 6) is -7.42. The number of ketones is 1. The third kappa shape index (κ3) is 6.52. The molecule has 47 heavy (non-hydrogen) atoms. The normalized spacial score (nSPS) is 35.1. The molecule has 3 aliphatic rings. The number of aromatic nitrogens is 2. The number of nitrogens with zero attached hydrogens (tertiary/aromatic N) is 2. The van der Waals surface area contributed by atoms with Crippen molar-refractivity contribution in [3.63, 3.8) is 0 Å². The number of alkyl halides is 5. The molecule has 0 saturated heterocycles. The van der Waals surface area contributed by atoms with Gasteiger partial charge in [-0.05, 0) is 49.1 Å². The van der Waals surface area contributed by atoms with Crippen molar-refractivity contribution >= 4 is 58.7 Å². The van der Waals surface area contributed by atoms with E-state index in [1.165, 1.54) is 25.1 Å². The van der Waals surface area contributed by atoms with Crippen molar-refractivity contribution in [3.05, 3.63) is 30.5 Å². The van der Waals surface area contributed by atoms with Crippen LogP contribution in [0, 0.1) is 34.0 Å². The molecule has 3 fully saturated rings. The van der Waals surface area contributed by atoms with Crippen molar-refractivity contribution in [1.82, 2.24) is 15.5 Å². The van der Waals surface area contributed by atoms with Gasteiger partial charge < -0.3 is 19.9 Å². The first kappa shape index (κ1) is 36.4. The van der Waals surface area contributed by atoms with Crippen LogP contribution in [-0.4, -0.2) is 69.2 Å². The molecule has 4 rings (SSSR count). The molecule has 1 aromatic heterocycles. The number of hydrogen-bond donors (Lipinski definition) is 2. The molecule has 1 heterocycles. The van der Waals surface area contributed by atoms with Gasteiger partial charge in [-0.2, -0.15) is 13.2 Å². The van der Waals surface area contributed by atoms with Crippen molar-refractivity contribution in [1.29, 1.82) is 0 Å². The lowest BCUT2D eigenvalue weighted by molar-refractivity contribution is -0.229. The van der Waals surface area contributed by atoms with Crippen LogP contribution in [0.25, 0.3) is 0 Å². The average molecular weight is 710 g/mol. The third-order valence-electron chi connectivity index (χ3n) is 10.5. The average Bonchev–Trinajstić information content (AvgIpc) is 3.28. The summed E-state index contributed by atoms with van der Waals surface area (Å²) in [7, 11) is 0. The molecule has 3 aliphatic carbocycles. The Hall–Kier alpha value is -3.46. The minimum Gasteiger partial charge on any atom is -0.454 e. The highest BCUT2D eigenvalue weighted by Crippen LogP contribution is 2.68. The van der Waals surface area contributed by atoms with E-state index in [0.717, 1.165) is 0 Å². The zero-order valence-corrected chi connectivity index (χ0v) is 27.4. The van der Waals surface area contributed by atoms with Gasteiger partial charge in [-0.25, -0.2) is 14.4 Å². The highest BCUT2D eigenvalue weighted by atomic mass is 35.5. The van der Waals surface area contributed by atoms with E-state index < -0.39 is 87.1 Å². The third-order valence-corrected chi connectivity index (χ3v) is 10.9. The van der Waals surface area contributed by atoms with Gasteiger partial charge in [-0.3, -0.25) is 14.9 Å². The molecule has 1 aromatic rings. The molecule has 9 atom stereocenters. The smallest absolute Gasteiger partial charge is 0.454 e. The number of ether oxygens (including phenoxy) is 3. The van der Waals surface area contributed by atoms with Crippen LogP contribution >= 0.6 is 23.2 Å². The monoisotopic (exact) mass is 708 g/mol. The fourth-order valence-corrected chi connectivity index (χ4v) is 8.03. The van der Waals surface area contributed by atoms with Gasteiger partial charge in [0, 0.05) is 24.1 Å². The summed E-state index contributed by atoms with van der Waals surface area (Å²) in [6.07, 6.45) is -9.22. The molecule has 2 bridgehead atoms. The number of nitrogen functional groups attached to an aromatic ring is 1. The van der Waals surface area contributed by atoms with Gasteiger partial charge in [0.25, 0.3) is 5.91 Å². The van der Waals surface area contributed by atoms with E-state index in [2.05, 4.69) is 22.1 Å². The quantitative estimate of drug-likeness (QED) is 0.176. The van der Waals surface area contributed by atoms with Crippen molar-refractivity contribution in [2.24, 2.45) is 34.0 Å². The largest absolute Gasteiger partial charge is 0.490 e. The summed E-state index contributed by atoms with van der Waals surface area (Å²) in [6, 6.07) is 2.51. The highest BCUT2D eigenvalue weighted by molar-refractivity contribution is 6.53. The molecule has 0 radical (unpaired) electrons. The van der Waals surface area contributed by atoms with E-state index in [-0.39, 0.29) is 38.1 Å². The summed E-state index contributed by atoms with van der Waals surface area (Å²) in [5, 5.41) is 9.25. The number of halogens is 5. The number of anilines is 1. The van der Waals surface area contributed by atoms with Crippen LogP contribution in [0.2, 0.25) is 0 Å². The number of Topliss-reactive ketones (excluding diaryl/α,β-unsaturated/α-hetero) is 1. The molecule has 3 saturated carbocycles. The van der Waals surface area contributed by atoms with Crippen LogP contribution in [0.4, 0.5) is 23.8 Å². The number of imide groups is 1. The van der Waals surface area contributed by atoms with Crippen molar-refractivity contribution in [2.45, 2.75) is 82.7 Å². The Kier molecular flexibility index (Phi) is 9.96. The second-order valence-electron chi connectivity index (χ2n) is 13.0. The summed E-state index contributed by atoms with van der Waals surface area (Å²) in [6.45, 7) is 10.5. The van der Waals surface area contributed by atoms with Gasteiger partial charge in [0.2, 0.25) is 4.84 Å². The Labute approximate surface area is 279 Å². The van der Waals surface area contributed by atoms with Gasteiger partial charge in [-0.1, -0.05) is 57.0 Å². The molecule has 0 aliphatic heterocycles. The van der Waals surface area contributed by atoms with Crippen molar-refractivity contribution in [3.8, 4) is 0 Å². The molecular formula is C30H37Cl2F3N4O8. The van der Waals surface area contributed by atoms with Crippen LogP contribution in [0.1, 0.15) is 65.3 Å². The molecule has 2 unspecified atom stereocenters. The van der Waals surface area contributed by atoms with Gasteiger partial charge in [-0.15, -0.1) is 16.8 Å². The number of nitrogens with two attached hydrogens (primary N) is 1. The number of hydrogen-bond acceptors (Lipinski definition) is 11. The van der Waals surface area contributed by atoms with E-state index >= 15 is 0 Å². The second kappa shape index (κ2) is 12.9. The van der Waals surface area contributed by atoms with Gasteiger partial charge in [0.05, 0.1) is 0 Å². The summed E-state index contributed by atoms with van der Waals surface area (Å²) >= 11 is 11.4. The molecule has 260 valence electrons. The first-order valence-electron chi connectivity index (χ1n) is 14.8. The number of esters is 2. The lowest BCUT2D eigenvalue weighted by Crippen LogP contribution is -2.64. The number of nitrogens with one attached hydrogen (secondary N) is 1. The molecular weight excluding hydrogens is 672 g/mol. The minimum absolute atomic E-state index is 0. The number of amides is 2. The summed E-state index contributed by atoms with van der Waals surface area (Å²) in [5.41, 5.74) is 1.32. The van der Waals surface area contributed by atoms with Crippen LogP contribution in [0.15, 0.2) is 24.8 Å². The Balaban J connectivity index is 0.00000625. The van der Waals surface area contributed by atoms with Gasteiger partial charge in [0.15, 0.2) is 17.6 Å². The maximum Gasteiger partial charge on any atom is 0.490 e. The van der Waals surface area contributed by atoms with Crippen LogP contribution in [0.5, 0.6) is 0 Å². The molecule has 3 N–H and O–H groups in total. The van der Waals surface area contributed by atoms with Gasteiger partial charge in [0.1, 0.15) is 18.0 Å². The fourth-order valence-electron chi connectivity index (χ4n) is 7.93. The highest BCUT2D eigenvalue weighted by Gasteiger charge is 2.72. The summed E-state index contributed by atoms with van der Waals surface area (Å²) in [4.78, 5) is 63.5. The SMILES string of the molecule is C=C[C@]1(C)C[C@@H](OC(=O)NC(=O)c2ccc(N)nn2)[C@]2(C)C(C)CC[C@]3(C[C@H](OC(=O)C(Cl)Cl)C(=O)C32)[C@@H](C)[C@@H]1OC(=O)C(F)(F)F.[HH]. The van der Waals surface area contributed by atoms with Crippen LogP contribution in [0.3, 0.4) is 0 Å². The maximum absolute atomic E-state index is 14.3. The number of carbonyl (C=O) groups excluding carboxylic acids is 5. The van der Waals surface area contributed by atoms with Crippen molar-refractivity contribution in [2.75, 3.05) is 5.73 Å². The van der Waals surface area contributed by atoms with E-state index in [0.29, 0.717) is 6.42 Å². The minimum atomic E-state index is -5.35. The van der Waals surface area contributed by atoms with Crippen LogP contribution < -0.4 is 11.1 Å². The molecule has 12 nitrogen and oxygen atoms in total. The summed E-state index contributed by atoms with van der Waals surface area (Å²) < 4.78 is 57.4. The molecule has 2 amide bonds. The van der Waals surface area contributed by atoms with E-state index in [1.54, 1.807) is 13.8 Å². The Morgan fingerprint density at radius 2 is 1.79 bits per heavy atom. The zero-order valence-electron chi connectivity index (χ0n) is 25.9. The number of carbonyl (C=O) groups is 5. The van der Waals surface area contributed by atoms with Crippen molar-refractivity contribution < 1.29 is 52.8 Å². The fraction of sp³-hybridized carbons (Fsp3) is 0.633. The Bertz CT molecular complexity index is 1470. The van der Waals surface area contributed by atoms with Gasteiger partial charge >= 0.3 is 24.2 Å². The predicted molar refractivity (Wildman–Crippen MR) is 162 cm³/mol. The Morgan fingerprint density at radius 3 is 2.34 bits per heavy atom. The topological polar surface area (TPSA) is 177 Å². The molecule has 0 aromatic carbocycles. The lowest BCUT2D eigenvalue weighted by atomic mass is 9.44. The van der Waals surface area contributed by atoms with Crippen LogP contribution in [-0.2, 0) is 28.6 Å². The van der Waals surface area contributed by atoms with E-state index in [9.17, 15) is 37.1 Å². The standard InChI is InChI=1S/C30H35Cl2F3N4O8.H2/c1-6-27(4)12-17(46-26(44)37-23(41)15-7-8-18(36)39-38-15)28(5)13(2)9-10-29(14(3)21(27)47-25(43)30(33,34)35)11-16(19(40)20(28)29)45-24(42)22(31)32;/h6-8,13-14,16-17,20-22H,1,9-12H2,2-5H3,(H2,36,39)(H,37,41,44);1H/t13?,14-,16-,17+,20?,21-,27+,28-,29-;/m0./s1. The van der Waals surface area contributed by atoms with E-state index in [1.807, 2.05) is 6.92 Å². The molecule has 17 heteroatoms. The Morgan fingerprint density at radius 1 is 1.13 bits per heavy atom. The first-order valence-corrected chi connectivity index (χ1v) is 15.6.